The summed E-state index contributed by atoms with van der Waals surface area (Å²) in [6.07, 6.45) is -0.316. The van der Waals surface area contributed by atoms with Crippen LogP contribution in [0, 0.1) is 6.92 Å². The minimum Gasteiger partial charge on any atom is -0.465 e. The van der Waals surface area contributed by atoms with Crippen molar-refractivity contribution >= 4 is 62.7 Å². The van der Waals surface area contributed by atoms with E-state index in [9.17, 15) is 19.2 Å². The van der Waals surface area contributed by atoms with E-state index in [4.69, 9.17) is 16.3 Å². The van der Waals surface area contributed by atoms with Crippen LogP contribution in [-0.2, 0) is 23.9 Å². The number of carbonyl (C=O) groups is 4. The maximum atomic E-state index is 12.0. The molecule has 2 aromatic rings. The zero-order valence-corrected chi connectivity index (χ0v) is 19.1. The van der Waals surface area contributed by atoms with Crippen LogP contribution in [0.1, 0.15) is 28.8 Å². The van der Waals surface area contributed by atoms with E-state index in [0.29, 0.717) is 26.4 Å². The minimum atomic E-state index is -0.683. The van der Waals surface area contributed by atoms with Gasteiger partial charge >= 0.3 is 11.9 Å². The maximum Gasteiger partial charge on any atom is 0.337 e. The van der Waals surface area contributed by atoms with Crippen molar-refractivity contribution in [3.05, 3.63) is 57.0 Å². The zero-order valence-electron chi connectivity index (χ0n) is 16.8. The minimum absolute atomic E-state index is 0.124. The molecule has 0 radical (unpaired) electrons. The van der Waals surface area contributed by atoms with Gasteiger partial charge in [0.25, 0.3) is 5.91 Å². The van der Waals surface area contributed by atoms with E-state index >= 15 is 0 Å². The number of halogens is 2. The average Bonchev–Trinajstić information content (AvgIpc) is 2.74. The van der Waals surface area contributed by atoms with Gasteiger partial charge in [-0.3, -0.25) is 14.4 Å². The van der Waals surface area contributed by atoms with Crippen molar-refractivity contribution < 1.29 is 28.7 Å². The molecular weight excluding hydrogens is 492 g/mol. The third kappa shape index (κ3) is 7.69. The van der Waals surface area contributed by atoms with Gasteiger partial charge in [-0.25, -0.2) is 4.79 Å². The first-order valence-corrected chi connectivity index (χ1v) is 10.3. The van der Waals surface area contributed by atoms with Gasteiger partial charge < -0.3 is 20.1 Å². The van der Waals surface area contributed by atoms with Crippen LogP contribution in [0.2, 0.25) is 5.02 Å². The Morgan fingerprint density at radius 2 is 1.68 bits per heavy atom. The Hall–Kier alpha value is -2.91. The second-order valence-electron chi connectivity index (χ2n) is 6.41. The number of ether oxygens (including phenoxy) is 2. The quantitative estimate of drug-likeness (QED) is 0.516. The number of hydrogen-bond donors (Lipinski definition) is 2. The normalized spacial score (nSPS) is 10.2. The summed E-state index contributed by atoms with van der Waals surface area (Å²) in [7, 11) is 1.28. The molecule has 0 aliphatic carbocycles. The Morgan fingerprint density at radius 1 is 1.00 bits per heavy atom. The highest BCUT2D eigenvalue weighted by molar-refractivity contribution is 9.10. The average molecular weight is 512 g/mol. The molecule has 8 nitrogen and oxygen atoms in total. The Bertz CT molecular complexity index is 994. The van der Waals surface area contributed by atoms with Crippen LogP contribution in [0.15, 0.2) is 40.9 Å². The smallest absolute Gasteiger partial charge is 0.337 e. The number of carbonyl (C=O) groups excluding carboxylic acids is 4. The first kappa shape index (κ1) is 24.4. The fourth-order valence-electron chi connectivity index (χ4n) is 2.43. The molecular formula is C21H20BrClN2O6. The van der Waals surface area contributed by atoms with Crippen LogP contribution in [0.3, 0.4) is 0 Å². The molecule has 0 saturated heterocycles. The number of benzene rings is 2. The SMILES string of the molecule is COC(=O)c1ccc(NC(=O)CCC(=O)OCC(=O)Nc2cc(Cl)c(Br)cc2C)cc1. The summed E-state index contributed by atoms with van der Waals surface area (Å²) in [5.41, 5.74) is 2.11. The molecule has 164 valence electrons. The number of hydrogen-bond acceptors (Lipinski definition) is 6. The topological polar surface area (TPSA) is 111 Å². The molecule has 2 amide bonds. The molecule has 0 saturated carbocycles. The Kier molecular flexibility index (Phi) is 9.02. The van der Waals surface area contributed by atoms with Crippen LogP contribution in [0.5, 0.6) is 0 Å². The van der Waals surface area contributed by atoms with Crippen LogP contribution >= 0.6 is 27.5 Å². The van der Waals surface area contributed by atoms with Gasteiger partial charge in [-0.1, -0.05) is 11.6 Å². The van der Waals surface area contributed by atoms with Gasteiger partial charge in [-0.05, 0) is 64.8 Å². The van der Waals surface area contributed by atoms with Gasteiger partial charge in [0.1, 0.15) is 0 Å². The van der Waals surface area contributed by atoms with Crippen molar-refractivity contribution in [1.82, 2.24) is 0 Å². The second kappa shape index (κ2) is 11.5. The van der Waals surface area contributed by atoms with Crippen LogP contribution < -0.4 is 10.6 Å². The highest BCUT2D eigenvalue weighted by atomic mass is 79.9. The van der Waals surface area contributed by atoms with Gasteiger partial charge in [0.05, 0.1) is 24.1 Å². The van der Waals surface area contributed by atoms with Crippen molar-refractivity contribution in [1.29, 1.82) is 0 Å². The van der Waals surface area contributed by atoms with E-state index in [2.05, 4.69) is 31.3 Å². The molecule has 31 heavy (non-hydrogen) atoms. The van der Waals surface area contributed by atoms with Crippen molar-refractivity contribution in [2.75, 3.05) is 24.4 Å². The summed E-state index contributed by atoms with van der Waals surface area (Å²) in [6.45, 7) is 1.31. The van der Waals surface area contributed by atoms with Gasteiger partial charge in [0.15, 0.2) is 6.61 Å². The Morgan fingerprint density at radius 3 is 2.32 bits per heavy atom. The first-order valence-electron chi connectivity index (χ1n) is 9.09. The fraction of sp³-hybridized carbons (Fsp3) is 0.238. The molecule has 0 atom stereocenters. The number of amides is 2. The Balaban J connectivity index is 1.74. The predicted molar refractivity (Wildman–Crippen MR) is 119 cm³/mol. The zero-order chi connectivity index (χ0) is 23.0. The maximum absolute atomic E-state index is 12.0. The van der Waals surface area contributed by atoms with Crippen molar-refractivity contribution in [3.8, 4) is 0 Å². The summed E-state index contributed by atoms with van der Waals surface area (Å²) >= 11 is 9.30. The van der Waals surface area contributed by atoms with Gasteiger partial charge in [0.2, 0.25) is 5.91 Å². The summed E-state index contributed by atoms with van der Waals surface area (Å²) in [4.78, 5) is 47.1. The summed E-state index contributed by atoms with van der Waals surface area (Å²) in [5, 5.41) is 5.65. The van der Waals surface area contributed by atoms with Crippen LogP contribution in [0.25, 0.3) is 0 Å². The molecule has 0 spiro atoms. The molecule has 0 heterocycles. The van der Waals surface area contributed by atoms with E-state index in [1.807, 2.05) is 0 Å². The van der Waals surface area contributed by atoms with Crippen molar-refractivity contribution in [2.24, 2.45) is 0 Å². The summed E-state index contributed by atoms with van der Waals surface area (Å²) < 4.78 is 10.2. The number of esters is 2. The molecule has 0 unspecified atom stereocenters. The summed E-state index contributed by atoms with van der Waals surface area (Å²) in [6, 6.07) is 9.45. The lowest BCUT2D eigenvalue weighted by Crippen LogP contribution is -2.22. The third-order valence-electron chi connectivity index (χ3n) is 4.05. The number of methoxy groups -OCH3 is 1. The number of nitrogens with one attached hydrogen (secondary N) is 2. The lowest BCUT2D eigenvalue weighted by Gasteiger charge is -2.10. The monoisotopic (exact) mass is 510 g/mol. The van der Waals surface area contributed by atoms with Crippen LogP contribution in [-0.4, -0.2) is 37.5 Å². The van der Waals surface area contributed by atoms with Gasteiger partial charge in [-0.15, -0.1) is 0 Å². The largest absolute Gasteiger partial charge is 0.465 e. The standard InChI is InChI=1S/C21H20BrClN2O6/c1-12-9-15(22)16(23)10-17(12)25-19(27)11-31-20(28)8-7-18(26)24-14-5-3-13(4-6-14)21(29)30-2/h3-6,9-10H,7-8,11H2,1-2H3,(H,24,26)(H,25,27). The summed E-state index contributed by atoms with van der Waals surface area (Å²) in [5.74, 6) is -2.10. The number of aryl methyl sites for hydroxylation is 1. The molecule has 0 bridgehead atoms. The molecule has 0 aromatic heterocycles. The molecule has 10 heteroatoms. The second-order valence-corrected chi connectivity index (χ2v) is 7.67. The van der Waals surface area contributed by atoms with Crippen LogP contribution in [0.4, 0.5) is 11.4 Å². The number of anilines is 2. The third-order valence-corrected chi connectivity index (χ3v) is 5.25. The van der Waals surface area contributed by atoms with Crippen molar-refractivity contribution in [3.63, 3.8) is 0 Å². The van der Waals surface area contributed by atoms with E-state index in [-0.39, 0.29) is 12.8 Å². The molecule has 0 fully saturated rings. The van der Waals surface area contributed by atoms with E-state index in [0.717, 1.165) is 5.56 Å². The molecule has 2 aromatic carbocycles. The molecule has 2 N–H and O–H groups in total. The van der Waals surface area contributed by atoms with E-state index in [1.54, 1.807) is 31.2 Å². The molecule has 0 aliphatic heterocycles. The predicted octanol–water partition coefficient (Wildman–Crippen LogP) is 4.10. The lowest BCUT2D eigenvalue weighted by atomic mass is 10.2. The van der Waals surface area contributed by atoms with Crippen molar-refractivity contribution in [2.45, 2.75) is 19.8 Å². The molecule has 2 rings (SSSR count). The van der Waals surface area contributed by atoms with E-state index < -0.39 is 30.4 Å². The van der Waals surface area contributed by atoms with Gasteiger partial charge in [0, 0.05) is 22.3 Å². The molecule has 0 aliphatic rings. The number of rotatable bonds is 8. The highest BCUT2D eigenvalue weighted by Gasteiger charge is 2.13. The fourth-order valence-corrected chi connectivity index (χ4v) is 3.05. The van der Waals surface area contributed by atoms with Gasteiger partial charge in [-0.2, -0.15) is 0 Å². The first-order chi connectivity index (χ1) is 14.7. The Labute approximate surface area is 192 Å². The highest BCUT2D eigenvalue weighted by Crippen LogP contribution is 2.28. The van der Waals surface area contributed by atoms with E-state index in [1.165, 1.54) is 19.2 Å². The lowest BCUT2D eigenvalue weighted by molar-refractivity contribution is -0.147.